The number of ether oxygens (including phenoxy) is 1. The molecule has 7 rings (SSSR count). The zero-order chi connectivity index (χ0) is 34.4. The second-order valence-electron chi connectivity index (χ2n) is 14.6. The van der Waals surface area contributed by atoms with E-state index in [1.807, 2.05) is 63.0 Å². The predicted molar refractivity (Wildman–Crippen MR) is 189 cm³/mol. The van der Waals surface area contributed by atoms with Crippen molar-refractivity contribution in [2.45, 2.75) is 78.4 Å². The van der Waals surface area contributed by atoms with E-state index in [1.165, 1.54) is 5.56 Å². The number of aryl methyl sites for hydroxylation is 1. The Kier molecular flexibility index (Phi) is 8.62. The lowest BCUT2D eigenvalue weighted by Gasteiger charge is -2.55. The first-order valence-corrected chi connectivity index (χ1v) is 17.4. The van der Waals surface area contributed by atoms with Gasteiger partial charge in [-0.3, -0.25) is 9.59 Å². The summed E-state index contributed by atoms with van der Waals surface area (Å²) in [4.78, 5) is 43.1. The first-order chi connectivity index (χ1) is 23.6. The number of methoxy groups -OCH3 is 1. The average Bonchev–Trinajstić information content (AvgIpc) is 3.72. The fourth-order valence-electron chi connectivity index (χ4n) is 8.09. The highest BCUT2D eigenvalue weighted by Crippen LogP contribution is 2.43. The van der Waals surface area contributed by atoms with Gasteiger partial charge < -0.3 is 19.4 Å². The van der Waals surface area contributed by atoms with E-state index < -0.39 is 0 Å². The van der Waals surface area contributed by atoms with Gasteiger partial charge in [0.1, 0.15) is 11.5 Å². The number of carbonyl (C=O) groups is 2. The molecule has 256 valence electrons. The average molecular weight is 663 g/mol. The molecular formula is C38H46N8O3. The van der Waals surface area contributed by atoms with Gasteiger partial charge in [-0.15, -0.1) is 5.10 Å². The topological polar surface area (TPSA) is 110 Å². The molecule has 2 aromatic carbocycles. The Morgan fingerprint density at radius 2 is 1.80 bits per heavy atom. The minimum Gasteiger partial charge on any atom is -0.467 e. The molecule has 11 heteroatoms. The van der Waals surface area contributed by atoms with E-state index in [9.17, 15) is 9.59 Å². The summed E-state index contributed by atoms with van der Waals surface area (Å²) in [6.45, 7) is 9.79. The maximum Gasteiger partial charge on any atom is 0.318 e. The molecule has 49 heavy (non-hydrogen) atoms. The SMILES string of the molecule is COc1nccc(N(C)c2ccc(C)c(-c3cn(CC4N(C(=O)C5CCCCC5C(=O)N5c6ccccc6CC5C)CC4(C)C)nn3)c2)n1. The standard InChI is InChI=1S/C38H46N8O3/c1-24-15-16-27(43(5)34-17-18-39-37(40-34)49-6)20-30(24)31-21-44(42-41-31)22-33-38(3,4)23-45(33)35(47)28-12-8-9-13-29(28)36(48)46-25(2)19-26-11-7-10-14-32(26)46/h7,10-11,14-18,20-21,25,28-29,33H,8-9,12-13,19,22-23H2,1-6H3. The highest BCUT2D eigenvalue weighted by Gasteiger charge is 2.52. The van der Waals surface area contributed by atoms with Crippen molar-refractivity contribution >= 4 is 29.0 Å². The molecule has 2 amide bonds. The van der Waals surface area contributed by atoms with Gasteiger partial charge in [0.15, 0.2) is 0 Å². The quantitative estimate of drug-likeness (QED) is 0.232. The van der Waals surface area contributed by atoms with Crippen LogP contribution in [0.1, 0.15) is 57.6 Å². The Labute approximate surface area is 288 Å². The van der Waals surface area contributed by atoms with Crippen molar-refractivity contribution in [1.29, 1.82) is 0 Å². The number of amides is 2. The van der Waals surface area contributed by atoms with E-state index in [0.717, 1.165) is 60.3 Å². The van der Waals surface area contributed by atoms with Crippen LogP contribution in [0.2, 0.25) is 0 Å². The molecule has 0 spiro atoms. The van der Waals surface area contributed by atoms with Gasteiger partial charge in [0, 0.05) is 54.1 Å². The highest BCUT2D eigenvalue weighted by atomic mass is 16.5. The number of likely N-dealkylation sites (tertiary alicyclic amines) is 1. The lowest BCUT2D eigenvalue weighted by molar-refractivity contribution is -0.162. The fraction of sp³-hybridized carbons (Fsp3) is 0.474. The Balaban J connectivity index is 1.08. The van der Waals surface area contributed by atoms with Crippen LogP contribution in [0.15, 0.2) is 60.9 Å². The molecule has 3 aliphatic rings. The zero-order valence-electron chi connectivity index (χ0n) is 29.3. The van der Waals surface area contributed by atoms with Gasteiger partial charge in [-0.1, -0.05) is 56.2 Å². The van der Waals surface area contributed by atoms with E-state index in [0.29, 0.717) is 24.9 Å². The van der Waals surface area contributed by atoms with Gasteiger partial charge in [0.2, 0.25) is 11.8 Å². The highest BCUT2D eigenvalue weighted by molar-refractivity contribution is 6.00. The molecule has 4 heterocycles. The molecule has 2 aliphatic heterocycles. The van der Waals surface area contributed by atoms with Crippen LogP contribution < -0.4 is 14.5 Å². The third-order valence-corrected chi connectivity index (χ3v) is 10.9. The third-order valence-electron chi connectivity index (χ3n) is 10.9. The maximum atomic E-state index is 14.3. The Morgan fingerprint density at radius 3 is 2.55 bits per heavy atom. The number of anilines is 3. The van der Waals surface area contributed by atoms with E-state index in [4.69, 9.17) is 4.74 Å². The molecule has 4 atom stereocenters. The molecule has 1 aliphatic carbocycles. The molecule has 0 bridgehead atoms. The van der Waals surface area contributed by atoms with Crippen LogP contribution in [0.5, 0.6) is 6.01 Å². The van der Waals surface area contributed by atoms with Crippen LogP contribution in [-0.2, 0) is 22.6 Å². The Hall–Kier alpha value is -4.80. The first kappa shape index (κ1) is 32.7. The summed E-state index contributed by atoms with van der Waals surface area (Å²) in [5.41, 5.74) is 5.88. The lowest BCUT2D eigenvalue weighted by atomic mass is 9.71. The summed E-state index contributed by atoms with van der Waals surface area (Å²) < 4.78 is 7.07. The van der Waals surface area contributed by atoms with Gasteiger partial charge >= 0.3 is 6.01 Å². The normalized spacial score (nSPS) is 22.7. The third kappa shape index (κ3) is 6.04. The van der Waals surface area contributed by atoms with Crippen LogP contribution in [0.4, 0.5) is 17.2 Å². The van der Waals surface area contributed by atoms with Gasteiger partial charge in [-0.2, -0.15) is 4.98 Å². The molecule has 4 unspecified atom stereocenters. The second-order valence-corrected chi connectivity index (χ2v) is 14.6. The first-order valence-electron chi connectivity index (χ1n) is 17.4. The minimum absolute atomic E-state index is 0.0509. The molecule has 2 fully saturated rings. The van der Waals surface area contributed by atoms with Gasteiger partial charge in [-0.05, 0) is 68.5 Å². The molecule has 0 radical (unpaired) electrons. The van der Waals surface area contributed by atoms with E-state index in [2.05, 4.69) is 66.2 Å². The van der Waals surface area contributed by atoms with Crippen molar-refractivity contribution in [3.63, 3.8) is 0 Å². The zero-order valence-corrected chi connectivity index (χ0v) is 29.3. The van der Waals surface area contributed by atoms with Crippen molar-refractivity contribution in [1.82, 2.24) is 29.9 Å². The summed E-state index contributed by atoms with van der Waals surface area (Å²) in [6, 6.07) is 16.6. The number of hydrogen-bond acceptors (Lipinski definition) is 8. The molecule has 4 aromatic rings. The van der Waals surface area contributed by atoms with E-state index in [-0.39, 0.29) is 41.1 Å². The van der Waals surface area contributed by atoms with Crippen LogP contribution in [0.3, 0.4) is 0 Å². The molecule has 2 aromatic heterocycles. The summed E-state index contributed by atoms with van der Waals surface area (Å²) >= 11 is 0. The number of nitrogens with zero attached hydrogens (tertiary/aromatic N) is 8. The largest absolute Gasteiger partial charge is 0.467 e. The summed E-state index contributed by atoms with van der Waals surface area (Å²) in [6.07, 6.45) is 7.95. The van der Waals surface area contributed by atoms with Crippen molar-refractivity contribution in [2.75, 3.05) is 30.5 Å². The number of carbonyl (C=O) groups excluding carboxylic acids is 2. The molecule has 1 saturated carbocycles. The van der Waals surface area contributed by atoms with Crippen molar-refractivity contribution in [3.8, 4) is 17.3 Å². The van der Waals surface area contributed by atoms with Crippen molar-refractivity contribution in [2.24, 2.45) is 17.3 Å². The lowest BCUT2D eigenvalue weighted by Crippen LogP contribution is -2.67. The summed E-state index contributed by atoms with van der Waals surface area (Å²) in [7, 11) is 3.50. The van der Waals surface area contributed by atoms with Crippen molar-refractivity contribution in [3.05, 3.63) is 72.1 Å². The van der Waals surface area contributed by atoms with Gasteiger partial charge in [-0.25, -0.2) is 9.67 Å². The van der Waals surface area contributed by atoms with Crippen LogP contribution in [0, 0.1) is 24.2 Å². The number of fused-ring (bicyclic) bond motifs is 1. The summed E-state index contributed by atoms with van der Waals surface area (Å²) in [5.74, 6) is 0.326. The molecular weight excluding hydrogens is 616 g/mol. The molecule has 11 nitrogen and oxygen atoms in total. The molecule has 1 saturated heterocycles. The van der Waals surface area contributed by atoms with Gasteiger partial charge in [0.05, 0.1) is 31.8 Å². The molecule has 0 N–H and O–H groups in total. The summed E-state index contributed by atoms with van der Waals surface area (Å²) in [5, 5.41) is 9.09. The van der Waals surface area contributed by atoms with Crippen LogP contribution in [0.25, 0.3) is 11.3 Å². The Bertz CT molecular complexity index is 1870. The van der Waals surface area contributed by atoms with Gasteiger partial charge in [0.25, 0.3) is 0 Å². The number of para-hydroxylation sites is 1. The number of rotatable bonds is 8. The number of hydrogen-bond donors (Lipinski definition) is 0. The smallest absolute Gasteiger partial charge is 0.318 e. The van der Waals surface area contributed by atoms with E-state index in [1.54, 1.807) is 13.3 Å². The van der Waals surface area contributed by atoms with Crippen LogP contribution in [-0.4, -0.2) is 74.5 Å². The van der Waals surface area contributed by atoms with Crippen molar-refractivity contribution < 1.29 is 14.3 Å². The van der Waals surface area contributed by atoms with E-state index >= 15 is 0 Å². The second kappa shape index (κ2) is 12.9. The minimum atomic E-state index is -0.302. The Morgan fingerprint density at radius 1 is 1.04 bits per heavy atom. The monoisotopic (exact) mass is 662 g/mol. The number of benzene rings is 2. The predicted octanol–water partition coefficient (Wildman–Crippen LogP) is 5.84. The maximum absolute atomic E-state index is 14.3. The fourth-order valence-corrected chi connectivity index (χ4v) is 8.09. The van der Waals surface area contributed by atoms with Crippen LogP contribution >= 0.6 is 0 Å². The number of aromatic nitrogens is 5.